The lowest BCUT2D eigenvalue weighted by atomic mass is 10.9. The topological polar surface area (TPSA) is 117 Å². The van der Waals surface area contributed by atoms with Crippen LogP contribution in [0, 0.1) is 0 Å². The summed E-state index contributed by atoms with van der Waals surface area (Å²) in [6, 6.07) is 0. The van der Waals surface area contributed by atoms with Gasteiger partial charge < -0.3 is 17.2 Å². The predicted molar refractivity (Wildman–Crippen MR) is 35.6 cm³/mol. The third-order valence-corrected chi connectivity index (χ3v) is 0.687. The fourth-order valence-electron chi connectivity index (χ4n) is 0.427. The number of hydrogen-bond donors (Lipinski definition) is 3. The molecule has 6 nitrogen and oxygen atoms in total. The molecular weight excluding hydrogens is 139 g/mol. The summed E-state index contributed by atoms with van der Waals surface area (Å²) < 4.78 is 0. The Balaban J connectivity index is 0.000000810. The average Bonchev–Trinajstić information content (AvgIpc) is 1.59. The van der Waals surface area contributed by atoms with Crippen molar-refractivity contribution in [2.45, 2.75) is 0 Å². The molecule has 1 aromatic rings. The maximum absolute atomic E-state index is 5.14. The first-order valence-corrected chi connectivity index (χ1v) is 2.21. The van der Waals surface area contributed by atoms with Gasteiger partial charge in [-0.3, -0.25) is 4.70 Å². The summed E-state index contributed by atoms with van der Waals surface area (Å²) in [4.78, 5) is 10.5. The molecule has 0 saturated heterocycles. The van der Waals surface area contributed by atoms with Crippen molar-refractivity contribution in [2.24, 2.45) is 0 Å². The lowest BCUT2D eigenvalue weighted by Crippen LogP contribution is -2.05. The molecule has 0 spiro atoms. The summed E-state index contributed by atoms with van der Waals surface area (Å²) in [5, 5.41) is 0. The highest BCUT2D eigenvalue weighted by Crippen LogP contribution is 1.97. The first-order chi connectivity index (χ1) is 4.18. The zero-order valence-corrected chi connectivity index (χ0v) is 4.98. The van der Waals surface area contributed by atoms with E-state index >= 15 is 0 Å². The molecule has 10 heavy (non-hydrogen) atoms. The zero-order chi connectivity index (χ0) is 6.85. The molecule has 0 radical (unpaired) electrons. The van der Waals surface area contributed by atoms with Crippen molar-refractivity contribution in [3.8, 4) is 0 Å². The maximum Gasteiger partial charge on any atom is 0.226 e. The minimum atomic E-state index is 0. The second-order valence-electron chi connectivity index (χ2n) is 1.41. The summed E-state index contributed by atoms with van der Waals surface area (Å²) in [6.07, 6.45) is 0. The molecular formula is C3H7FN6. The van der Waals surface area contributed by atoms with Gasteiger partial charge in [0, 0.05) is 0 Å². The molecule has 56 valence electrons. The van der Waals surface area contributed by atoms with E-state index in [4.69, 9.17) is 17.2 Å². The Bertz CT molecular complexity index is 174. The van der Waals surface area contributed by atoms with E-state index in [0.29, 0.717) is 0 Å². The van der Waals surface area contributed by atoms with Crippen molar-refractivity contribution in [1.29, 1.82) is 0 Å². The molecule has 0 bridgehead atoms. The van der Waals surface area contributed by atoms with Crippen molar-refractivity contribution in [3.05, 3.63) is 0 Å². The van der Waals surface area contributed by atoms with Crippen LogP contribution < -0.4 is 17.2 Å². The van der Waals surface area contributed by atoms with Crippen molar-refractivity contribution >= 4 is 17.8 Å². The van der Waals surface area contributed by atoms with E-state index in [-0.39, 0.29) is 22.5 Å². The molecule has 1 rings (SSSR count). The summed E-state index contributed by atoms with van der Waals surface area (Å²) >= 11 is 0. The molecule has 1 heterocycles. The van der Waals surface area contributed by atoms with Gasteiger partial charge in [0.15, 0.2) is 0 Å². The molecule has 0 unspecified atom stereocenters. The van der Waals surface area contributed by atoms with Gasteiger partial charge in [-0.1, -0.05) is 0 Å². The Hall–Kier alpha value is -1.66. The van der Waals surface area contributed by atoms with Crippen LogP contribution >= 0.6 is 0 Å². The molecule has 1 aromatic heterocycles. The quantitative estimate of drug-likeness (QED) is 0.422. The maximum atomic E-state index is 5.14. The van der Waals surface area contributed by atoms with Gasteiger partial charge in [0.2, 0.25) is 17.8 Å². The monoisotopic (exact) mass is 146 g/mol. The second-order valence-corrected chi connectivity index (χ2v) is 1.41. The van der Waals surface area contributed by atoms with Gasteiger partial charge in [0.25, 0.3) is 0 Å². The summed E-state index contributed by atoms with van der Waals surface area (Å²) in [7, 11) is 0. The van der Waals surface area contributed by atoms with Crippen molar-refractivity contribution in [2.75, 3.05) is 17.2 Å². The van der Waals surface area contributed by atoms with E-state index < -0.39 is 0 Å². The zero-order valence-electron chi connectivity index (χ0n) is 4.98. The molecule has 0 saturated carbocycles. The van der Waals surface area contributed by atoms with Crippen molar-refractivity contribution < 1.29 is 4.70 Å². The van der Waals surface area contributed by atoms with Crippen LogP contribution in [0.25, 0.3) is 0 Å². The summed E-state index contributed by atoms with van der Waals surface area (Å²) in [5.41, 5.74) is 15.4. The van der Waals surface area contributed by atoms with Gasteiger partial charge in [0.1, 0.15) is 0 Å². The fourth-order valence-corrected chi connectivity index (χ4v) is 0.427. The number of rotatable bonds is 0. The SMILES string of the molecule is F.Nc1nc(N)nc(N)n1. The predicted octanol–water partition coefficient (Wildman–Crippen LogP) is -1.23. The van der Waals surface area contributed by atoms with Gasteiger partial charge in [-0.15, -0.1) is 0 Å². The molecule has 0 amide bonds. The highest BCUT2D eigenvalue weighted by atomic mass is 19.0. The van der Waals surface area contributed by atoms with Crippen molar-refractivity contribution in [3.63, 3.8) is 0 Å². The van der Waals surface area contributed by atoms with Crippen LogP contribution in [-0.2, 0) is 0 Å². The average molecular weight is 146 g/mol. The third-order valence-electron chi connectivity index (χ3n) is 0.687. The minimum absolute atomic E-state index is 0. The normalized spacial score (nSPS) is 8.40. The molecule has 0 aliphatic heterocycles. The fraction of sp³-hybridized carbons (Fsp3) is 0. The summed E-state index contributed by atoms with van der Waals surface area (Å²) in [5.74, 6) is 0.125. The van der Waals surface area contributed by atoms with Crippen LogP contribution in [0.4, 0.5) is 22.5 Å². The van der Waals surface area contributed by atoms with E-state index in [1.165, 1.54) is 0 Å². The number of aromatic nitrogens is 3. The largest absolute Gasteiger partial charge is 0.368 e. The minimum Gasteiger partial charge on any atom is -0.368 e. The highest BCUT2D eigenvalue weighted by Gasteiger charge is 1.93. The molecule has 0 aliphatic carbocycles. The number of nitrogens with zero attached hydrogens (tertiary/aromatic N) is 3. The van der Waals surface area contributed by atoms with E-state index in [9.17, 15) is 0 Å². The Morgan fingerprint density at radius 1 is 0.700 bits per heavy atom. The second kappa shape index (κ2) is 2.76. The molecule has 7 heteroatoms. The van der Waals surface area contributed by atoms with Crippen LogP contribution in [0.2, 0.25) is 0 Å². The summed E-state index contributed by atoms with van der Waals surface area (Å²) in [6.45, 7) is 0. The lowest BCUT2D eigenvalue weighted by Gasteiger charge is -1.93. The van der Waals surface area contributed by atoms with Crippen molar-refractivity contribution in [1.82, 2.24) is 15.0 Å². The van der Waals surface area contributed by atoms with E-state index in [1.807, 2.05) is 0 Å². The van der Waals surface area contributed by atoms with E-state index in [2.05, 4.69) is 15.0 Å². The van der Waals surface area contributed by atoms with Crippen LogP contribution in [0.1, 0.15) is 0 Å². The van der Waals surface area contributed by atoms with Crippen LogP contribution in [-0.4, -0.2) is 15.0 Å². The van der Waals surface area contributed by atoms with Gasteiger partial charge >= 0.3 is 0 Å². The van der Waals surface area contributed by atoms with Gasteiger partial charge in [-0.05, 0) is 0 Å². The molecule has 0 aromatic carbocycles. The van der Waals surface area contributed by atoms with E-state index in [0.717, 1.165) is 0 Å². The molecule has 0 atom stereocenters. The first kappa shape index (κ1) is 8.34. The van der Waals surface area contributed by atoms with Crippen LogP contribution in [0.3, 0.4) is 0 Å². The van der Waals surface area contributed by atoms with Gasteiger partial charge in [0.05, 0.1) is 0 Å². The standard InChI is InChI=1S/C3H6N6.FH/c4-1-7-2(5)9-3(6)8-1;/h(H6,4,5,6,7,8,9);1H. The number of nitrogen functional groups attached to an aromatic ring is 3. The number of hydrogen-bond acceptors (Lipinski definition) is 6. The highest BCUT2D eigenvalue weighted by molar-refractivity contribution is 5.33. The Morgan fingerprint density at radius 2 is 0.900 bits per heavy atom. The van der Waals surface area contributed by atoms with Gasteiger partial charge in [-0.2, -0.15) is 15.0 Å². The van der Waals surface area contributed by atoms with Gasteiger partial charge in [-0.25, -0.2) is 0 Å². The van der Waals surface area contributed by atoms with Crippen LogP contribution in [0.15, 0.2) is 0 Å². The Kier molecular flexibility index (Phi) is 2.30. The molecule has 0 fully saturated rings. The van der Waals surface area contributed by atoms with E-state index in [1.54, 1.807) is 0 Å². The Morgan fingerprint density at radius 3 is 1.10 bits per heavy atom. The number of halogens is 1. The number of nitrogens with two attached hydrogens (primary N) is 3. The van der Waals surface area contributed by atoms with Crippen LogP contribution in [0.5, 0.6) is 0 Å². The Labute approximate surface area is 55.8 Å². The third kappa shape index (κ3) is 1.69. The lowest BCUT2D eigenvalue weighted by molar-refractivity contribution is 1.09. The molecule has 0 aliphatic rings. The first-order valence-electron chi connectivity index (χ1n) is 2.21. The number of anilines is 3. The molecule has 6 N–H and O–H groups in total. The smallest absolute Gasteiger partial charge is 0.226 e.